The molecule has 2 fully saturated rings. The summed E-state index contributed by atoms with van der Waals surface area (Å²) < 4.78 is 1.73. The summed E-state index contributed by atoms with van der Waals surface area (Å²) in [5.74, 6) is 2.25. The highest BCUT2D eigenvalue weighted by Crippen LogP contribution is 2.32. The molecule has 0 aromatic carbocycles. The molecule has 1 aliphatic carbocycles. The Kier molecular flexibility index (Phi) is 7.23. The van der Waals surface area contributed by atoms with Gasteiger partial charge in [-0.25, -0.2) is 9.97 Å². The third-order valence-electron chi connectivity index (χ3n) is 7.74. The highest BCUT2D eigenvalue weighted by molar-refractivity contribution is 6.17. The summed E-state index contributed by atoms with van der Waals surface area (Å²) in [6, 6.07) is 4.05. The first-order chi connectivity index (χ1) is 17.5. The van der Waals surface area contributed by atoms with Crippen molar-refractivity contribution in [2.75, 3.05) is 29.2 Å². The van der Waals surface area contributed by atoms with Crippen LogP contribution in [-0.2, 0) is 0 Å². The second-order valence-corrected chi connectivity index (χ2v) is 10.4. The van der Waals surface area contributed by atoms with E-state index in [-0.39, 0.29) is 22.9 Å². The van der Waals surface area contributed by atoms with Gasteiger partial charge in [-0.15, -0.1) is 11.6 Å². The molecule has 1 aliphatic heterocycles. The van der Waals surface area contributed by atoms with E-state index < -0.39 is 0 Å². The number of nitrogens with one attached hydrogen (secondary N) is 1. The molecular weight excluding hydrogens is 476 g/mol. The Morgan fingerprint density at radius 3 is 2.50 bits per heavy atom. The number of carbonyl (C=O) groups excluding carboxylic acids is 1. The van der Waals surface area contributed by atoms with Gasteiger partial charge in [-0.2, -0.15) is 4.98 Å². The Bertz CT molecular complexity index is 1310. The van der Waals surface area contributed by atoms with Crippen molar-refractivity contribution in [3.05, 3.63) is 46.0 Å². The average Bonchev–Trinajstić information content (AvgIpc) is 3.39. The number of Topliss-reactive ketones (excluding diaryl/α,β-unsaturated/α-hetero) is 1. The minimum absolute atomic E-state index is 0.0486. The van der Waals surface area contributed by atoms with Crippen molar-refractivity contribution in [1.29, 1.82) is 0 Å². The van der Waals surface area contributed by atoms with Crippen molar-refractivity contribution in [1.82, 2.24) is 19.5 Å². The van der Waals surface area contributed by atoms with Crippen LogP contribution in [0.15, 0.2) is 29.3 Å². The molecular formula is C27H33ClN6O2. The number of piperidine rings is 1. The van der Waals surface area contributed by atoms with Crippen molar-refractivity contribution in [2.24, 2.45) is 5.92 Å². The molecule has 3 aromatic rings. The van der Waals surface area contributed by atoms with Crippen LogP contribution in [0.2, 0.25) is 0 Å². The highest BCUT2D eigenvalue weighted by atomic mass is 35.5. The van der Waals surface area contributed by atoms with Crippen LogP contribution in [0.1, 0.15) is 73.8 Å². The number of rotatable bonds is 7. The van der Waals surface area contributed by atoms with E-state index in [1.165, 1.54) is 6.92 Å². The lowest BCUT2D eigenvalue weighted by molar-refractivity contribution is 0.101. The number of pyridine rings is 2. The van der Waals surface area contributed by atoms with Gasteiger partial charge in [0, 0.05) is 36.6 Å². The first-order valence-electron chi connectivity index (χ1n) is 12.9. The van der Waals surface area contributed by atoms with Crippen LogP contribution in [0, 0.1) is 12.8 Å². The quantitative estimate of drug-likeness (QED) is 0.337. The van der Waals surface area contributed by atoms with Gasteiger partial charge in [0.15, 0.2) is 5.78 Å². The number of halogens is 1. The molecule has 1 saturated heterocycles. The summed E-state index contributed by atoms with van der Waals surface area (Å²) >= 11 is 5.91. The summed E-state index contributed by atoms with van der Waals surface area (Å²) in [4.78, 5) is 41.9. The van der Waals surface area contributed by atoms with E-state index in [4.69, 9.17) is 16.6 Å². The van der Waals surface area contributed by atoms with Gasteiger partial charge in [0.2, 0.25) is 5.95 Å². The van der Waals surface area contributed by atoms with Crippen LogP contribution in [0.4, 0.5) is 17.5 Å². The van der Waals surface area contributed by atoms with Crippen molar-refractivity contribution in [3.8, 4) is 0 Å². The summed E-state index contributed by atoms with van der Waals surface area (Å²) in [5, 5.41) is 3.93. The Morgan fingerprint density at radius 2 is 1.86 bits per heavy atom. The predicted molar refractivity (Wildman–Crippen MR) is 144 cm³/mol. The number of hydrogen-bond donors (Lipinski definition) is 1. The number of anilines is 3. The van der Waals surface area contributed by atoms with E-state index in [9.17, 15) is 9.59 Å². The molecule has 8 nitrogen and oxygen atoms in total. The van der Waals surface area contributed by atoms with Gasteiger partial charge in [-0.3, -0.25) is 14.2 Å². The van der Waals surface area contributed by atoms with Crippen LogP contribution in [0.25, 0.3) is 11.0 Å². The van der Waals surface area contributed by atoms with Gasteiger partial charge in [0.1, 0.15) is 11.5 Å². The number of alkyl halides is 1. The van der Waals surface area contributed by atoms with E-state index in [1.54, 1.807) is 17.7 Å². The largest absolute Gasteiger partial charge is 0.370 e. The Balaban J connectivity index is 1.41. The van der Waals surface area contributed by atoms with Gasteiger partial charge in [-0.1, -0.05) is 12.8 Å². The summed E-state index contributed by atoms with van der Waals surface area (Å²) in [5.41, 5.74) is 2.31. The Morgan fingerprint density at radius 1 is 1.11 bits per heavy atom. The summed E-state index contributed by atoms with van der Waals surface area (Å²) in [6.45, 7) is 5.28. The smallest absolute Gasteiger partial charge is 0.263 e. The molecule has 1 saturated carbocycles. The van der Waals surface area contributed by atoms with Crippen LogP contribution in [0.5, 0.6) is 0 Å². The third kappa shape index (κ3) is 4.83. The second-order valence-electron chi connectivity index (χ2n) is 10.0. The molecule has 0 spiro atoms. The maximum absolute atomic E-state index is 13.4. The van der Waals surface area contributed by atoms with Gasteiger partial charge >= 0.3 is 0 Å². The molecule has 1 N–H and O–H groups in total. The van der Waals surface area contributed by atoms with Crippen LogP contribution < -0.4 is 15.8 Å². The fourth-order valence-electron chi connectivity index (χ4n) is 5.70. The van der Waals surface area contributed by atoms with Crippen LogP contribution in [0.3, 0.4) is 0 Å². The van der Waals surface area contributed by atoms with Crippen LogP contribution >= 0.6 is 11.6 Å². The van der Waals surface area contributed by atoms with E-state index in [1.807, 2.05) is 12.3 Å². The topological polar surface area (TPSA) is 93.0 Å². The first kappa shape index (κ1) is 24.7. The molecule has 0 amide bonds. The lowest BCUT2D eigenvalue weighted by Crippen LogP contribution is -2.33. The Labute approximate surface area is 216 Å². The summed E-state index contributed by atoms with van der Waals surface area (Å²) in [6.07, 6.45) is 10.9. The molecule has 190 valence electrons. The van der Waals surface area contributed by atoms with Crippen LogP contribution in [-0.4, -0.2) is 44.3 Å². The minimum Gasteiger partial charge on any atom is -0.370 e. The molecule has 0 atom stereocenters. The molecule has 9 heteroatoms. The SMILES string of the molecule is CC(=O)c1c(C)c2cnc(Nc3ccc(N4CCC(CCCl)CC4)cn3)nc2n(C2CCCC2)c1=O. The van der Waals surface area contributed by atoms with Crippen molar-refractivity contribution < 1.29 is 4.79 Å². The van der Waals surface area contributed by atoms with Gasteiger partial charge in [-0.05, 0) is 69.6 Å². The van der Waals surface area contributed by atoms with Gasteiger partial charge in [0.05, 0.1) is 17.4 Å². The Hall–Kier alpha value is -3.00. The number of nitrogens with zero attached hydrogens (tertiary/aromatic N) is 5. The molecule has 36 heavy (non-hydrogen) atoms. The highest BCUT2D eigenvalue weighted by Gasteiger charge is 2.26. The zero-order valence-corrected chi connectivity index (χ0v) is 21.7. The number of fused-ring (bicyclic) bond motifs is 1. The number of carbonyl (C=O) groups is 1. The fourth-order valence-corrected chi connectivity index (χ4v) is 6.01. The number of aryl methyl sites for hydroxylation is 1. The molecule has 0 unspecified atom stereocenters. The number of hydrogen-bond acceptors (Lipinski definition) is 7. The number of ketones is 1. The molecule has 2 aliphatic rings. The maximum atomic E-state index is 13.4. The lowest BCUT2D eigenvalue weighted by atomic mass is 9.94. The van der Waals surface area contributed by atoms with E-state index in [2.05, 4.69) is 26.3 Å². The lowest BCUT2D eigenvalue weighted by Gasteiger charge is -2.33. The minimum atomic E-state index is -0.249. The zero-order valence-electron chi connectivity index (χ0n) is 21.0. The van der Waals surface area contributed by atoms with E-state index >= 15 is 0 Å². The normalized spacial score (nSPS) is 17.1. The standard InChI is InChI=1S/C27H33ClN6O2/c1-17-22-16-30-27(32-25(22)34(20-5-3-4-6-20)26(36)24(17)18(2)35)31-23-8-7-21(15-29-23)33-13-10-19(9-12-28)11-14-33/h7-8,15-16,19-20H,3-6,9-14H2,1-2H3,(H,29,30,31,32). The molecule has 5 rings (SSSR count). The average molecular weight is 509 g/mol. The third-order valence-corrected chi connectivity index (χ3v) is 7.95. The van der Waals surface area contributed by atoms with Crippen molar-refractivity contribution >= 4 is 45.9 Å². The zero-order chi connectivity index (χ0) is 25.2. The van der Waals surface area contributed by atoms with Crippen molar-refractivity contribution in [2.45, 2.75) is 64.8 Å². The maximum Gasteiger partial charge on any atom is 0.263 e. The molecule has 0 bridgehead atoms. The fraction of sp³-hybridized carbons (Fsp3) is 0.519. The number of aromatic nitrogens is 4. The molecule has 4 heterocycles. The van der Waals surface area contributed by atoms with E-state index in [0.717, 1.165) is 80.9 Å². The summed E-state index contributed by atoms with van der Waals surface area (Å²) in [7, 11) is 0. The van der Waals surface area contributed by atoms with E-state index in [0.29, 0.717) is 23.0 Å². The van der Waals surface area contributed by atoms with Crippen molar-refractivity contribution in [3.63, 3.8) is 0 Å². The molecule has 3 aromatic heterocycles. The first-order valence-corrected chi connectivity index (χ1v) is 13.5. The van der Waals surface area contributed by atoms with Gasteiger partial charge in [0.25, 0.3) is 5.56 Å². The monoisotopic (exact) mass is 508 g/mol. The second kappa shape index (κ2) is 10.5. The van der Waals surface area contributed by atoms with Gasteiger partial charge < -0.3 is 10.2 Å². The molecule has 0 radical (unpaired) electrons. The predicted octanol–water partition coefficient (Wildman–Crippen LogP) is 5.40.